The van der Waals surface area contributed by atoms with Crippen LogP contribution in [0.4, 0.5) is 5.69 Å². The number of nitro groups is 1. The first-order valence-corrected chi connectivity index (χ1v) is 10.7. The summed E-state index contributed by atoms with van der Waals surface area (Å²) in [6, 6.07) is 20.3. The molecule has 0 fully saturated rings. The van der Waals surface area contributed by atoms with Gasteiger partial charge in [0.05, 0.1) is 36.4 Å². The Morgan fingerprint density at radius 3 is 2.65 bits per heavy atom. The van der Waals surface area contributed by atoms with Gasteiger partial charge in [0.15, 0.2) is 0 Å². The summed E-state index contributed by atoms with van der Waals surface area (Å²) in [6.07, 6.45) is 1.81. The van der Waals surface area contributed by atoms with Crippen LogP contribution in [-0.4, -0.2) is 28.7 Å². The molecule has 0 aliphatic rings. The molecule has 0 aliphatic heterocycles. The second-order valence-corrected chi connectivity index (χ2v) is 7.88. The number of rotatable bonds is 7. The minimum atomic E-state index is -0.458. The fraction of sp³-hybridized carbons (Fsp3) is 0.154. The second kappa shape index (κ2) is 9.58. The minimum Gasteiger partial charge on any atom is -0.494 e. The molecule has 0 atom stereocenters. The predicted molar refractivity (Wildman–Crippen MR) is 132 cm³/mol. The Bertz CT molecular complexity index is 1420. The first-order chi connectivity index (χ1) is 16.4. The highest BCUT2D eigenvalue weighted by atomic mass is 16.6. The number of hydrogen-bond donors (Lipinski definition) is 1. The first kappa shape index (κ1) is 22.7. The molecule has 0 spiro atoms. The Morgan fingerprint density at radius 2 is 1.88 bits per heavy atom. The van der Waals surface area contributed by atoms with E-state index >= 15 is 0 Å². The number of nitrogens with one attached hydrogen (secondary N) is 1. The third-order valence-electron chi connectivity index (χ3n) is 5.71. The SMILES string of the molecule is COc1cc([N+](=O)[O-])ccc1-n1c(C)cc(/C=N\NC(=O)Cc2cccc3ccccc23)c1C. The summed E-state index contributed by atoms with van der Waals surface area (Å²) >= 11 is 0. The standard InChI is InChI=1S/C26H24N4O4/c1-17-13-21(18(2)29(17)24-12-11-22(30(32)33)15-25(24)34-3)16-27-28-26(31)14-20-9-6-8-19-7-4-5-10-23(19)20/h4-13,15-16H,14H2,1-3H3,(H,28,31)/b27-16-. The van der Waals surface area contributed by atoms with Gasteiger partial charge in [-0.15, -0.1) is 0 Å². The summed E-state index contributed by atoms with van der Waals surface area (Å²) in [5.41, 5.74) is 6.75. The number of hydrazone groups is 1. The molecule has 1 aromatic heterocycles. The third kappa shape index (κ3) is 4.52. The summed E-state index contributed by atoms with van der Waals surface area (Å²) in [4.78, 5) is 23.1. The number of nitrogens with zero attached hydrogens (tertiary/aromatic N) is 3. The summed E-state index contributed by atoms with van der Waals surface area (Å²) < 4.78 is 7.33. The molecule has 172 valence electrons. The molecule has 0 saturated heterocycles. The average Bonchev–Trinajstić information content (AvgIpc) is 3.11. The third-order valence-corrected chi connectivity index (χ3v) is 5.71. The lowest BCUT2D eigenvalue weighted by Gasteiger charge is -2.13. The number of nitro benzene ring substituents is 1. The Kier molecular flexibility index (Phi) is 6.40. The van der Waals surface area contributed by atoms with Crippen molar-refractivity contribution in [1.82, 2.24) is 9.99 Å². The molecule has 34 heavy (non-hydrogen) atoms. The van der Waals surface area contributed by atoms with E-state index in [0.717, 1.165) is 33.3 Å². The summed E-state index contributed by atoms with van der Waals surface area (Å²) in [6.45, 7) is 3.83. The van der Waals surface area contributed by atoms with Gasteiger partial charge in [-0.3, -0.25) is 14.9 Å². The maximum Gasteiger partial charge on any atom is 0.273 e. The van der Waals surface area contributed by atoms with Crippen LogP contribution in [0, 0.1) is 24.0 Å². The van der Waals surface area contributed by atoms with Crippen LogP contribution >= 0.6 is 0 Å². The summed E-state index contributed by atoms with van der Waals surface area (Å²) in [5.74, 6) is 0.182. The van der Waals surface area contributed by atoms with Gasteiger partial charge in [-0.05, 0) is 42.3 Å². The zero-order valence-corrected chi connectivity index (χ0v) is 19.1. The number of fused-ring (bicyclic) bond motifs is 1. The predicted octanol–water partition coefficient (Wildman–Crippen LogP) is 4.86. The smallest absolute Gasteiger partial charge is 0.273 e. The Labute approximate surface area is 196 Å². The number of carbonyl (C=O) groups is 1. The van der Waals surface area contributed by atoms with E-state index in [0.29, 0.717) is 11.4 Å². The van der Waals surface area contributed by atoms with Crippen molar-refractivity contribution in [1.29, 1.82) is 0 Å². The molecule has 4 aromatic rings. The van der Waals surface area contributed by atoms with Crippen LogP contribution in [0.25, 0.3) is 16.5 Å². The molecule has 1 N–H and O–H groups in total. The number of aromatic nitrogens is 1. The number of hydrogen-bond acceptors (Lipinski definition) is 5. The van der Waals surface area contributed by atoms with Crippen molar-refractivity contribution in [3.63, 3.8) is 0 Å². The number of benzene rings is 3. The second-order valence-electron chi connectivity index (χ2n) is 7.88. The topological polar surface area (TPSA) is 98.8 Å². The minimum absolute atomic E-state index is 0.0428. The average molecular weight is 457 g/mol. The fourth-order valence-corrected chi connectivity index (χ4v) is 4.09. The summed E-state index contributed by atoms with van der Waals surface area (Å²) in [7, 11) is 1.48. The van der Waals surface area contributed by atoms with E-state index in [2.05, 4.69) is 10.5 Å². The molecule has 0 saturated carbocycles. The van der Waals surface area contributed by atoms with Crippen LogP contribution < -0.4 is 10.2 Å². The van der Waals surface area contributed by atoms with Crippen molar-refractivity contribution in [3.05, 3.63) is 99.4 Å². The van der Waals surface area contributed by atoms with Crippen LogP contribution in [0.5, 0.6) is 5.75 Å². The van der Waals surface area contributed by atoms with Gasteiger partial charge in [-0.2, -0.15) is 5.10 Å². The molecule has 8 heteroatoms. The zero-order valence-electron chi connectivity index (χ0n) is 19.1. The molecule has 1 amide bonds. The molecule has 3 aromatic carbocycles. The maximum atomic E-state index is 12.5. The van der Waals surface area contributed by atoms with Crippen molar-refractivity contribution >= 4 is 28.6 Å². The summed E-state index contributed by atoms with van der Waals surface area (Å²) in [5, 5.41) is 17.4. The fourth-order valence-electron chi connectivity index (χ4n) is 4.09. The van der Waals surface area contributed by atoms with E-state index in [4.69, 9.17) is 4.74 Å². The molecule has 4 rings (SSSR count). The Morgan fingerprint density at radius 1 is 1.12 bits per heavy atom. The normalized spacial score (nSPS) is 11.1. The monoisotopic (exact) mass is 456 g/mol. The molecule has 0 radical (unpaired) electrons. The quantitative estimate of drug-likeness (QED) is 0.244. The maximum absolute atomic E-state index is 12.5. The van der Waals surface area contributed by atoms with Gasteiger partial charge >= 0.3 is 0 Å². The van der Waals surface area contributed by atoms with Crippen molar-refractivity contribution in [2.45, 2.75) is 20.3 Å². The van der Waals surface area contributed by atoms with Gasteiger partial charge in [-0.25, -0.2) is 5.43 Å². The first-order valence-electron chi connectivity index (χ1n) is 10.7. The number of amides is 1. The van der Waals surface area contributed by atoms with Crippen LogP contribution in [0.1, 0.15) is 22.5 Å². The van der Waals surface area contributed by atoms with Gasteiger partial charge in [0.1, 0.15) is 5.75 Å². The van der Waals surface area contributed by atoms with Crippen molar-refractivity contribution < 1.29 is 14.5 Å². The molecular formula is C26H24N4O4. The highest BCUT2D eigenvalue weighted by Gasteiger charge is 2.17. The Balaban J connectivity index is 1.52. The Hall–Kier alpha value is -4.46. The number of aryl methyl sites for hydroxylation is 1. The van der Waals surface area contributed by atoms with Crippen molar-refractivity contribution in [2.24, 2.45) is 5.10 Å². The van der Waals surface area contributed by atoms with Gasteiger partial charge in [-0.1, -0.05) is 42.5 Å². The van der Waals surface area contributed by atoms with Crippen LogP contribution in [0.2, 0.25) is 0 Å². The van der Waals surface area contributed by atoms with Gasteiger partial charge in [0.25, 0.3) is 5.69 Å². The van der Waals surface area contributed by atoms with Crippen LogP contribution in [-0.2, 0) is 11.2 Å². The van der Waals surface area contributed by atoms with Crippen molar-refractivity contribution in [2.75, 3.05) is 7.11 Å². The van der Waals surface area contributed by atoms with E-state index in [9.17, 15) is 14.9 Å². The number of carbonyl (C=O) groups excluding carboxylic acids is 1. The van der Waals surface area contributed by atoms with E-state index in [1.807, 2.05) is 66.9 Å². The highest BCUT2D eigenvalue weighted by molar-refractivity contribution is 5.91. The molecule has 0 unspecified atom stereocenters. The molecular weight excluding hydrogens is 432 g/mol. The largest absolute Gasteiger partial charge is 0.494 e. The molecule has 1 heterocycles. The lowest BCUT2D eigenvalue weighted by molar-refractivity contribution is -0.384. The number of non-ortho nitro benzene ring substituents is 1. The van der Waals surface area contributed by atoms with Gasteiger partial charge in [0.2, 0.25) is 5.91 Å². The molecule has 0 bridgehead atoms. The van der Waals surface area contributed by atoms with Gasteiger partial charge in [0, 0.05) is 23.0 Å². The lowest BCUT2D eigenvalue weighted by Crippen LogP contribution is -2.20. The van der Waals surface area contributed by atoms with Crippen LogP contribution in [0.15, 0.2) is 71.8 Å². The highest BCUT2D eigenvalue weighted by Crippen LogP contribution is 2.31. The lowest BCUT2D eigenvalue weighted by atomic mass is 10.0. The van der Waals surface area contributed by atoms with Crippen LogP contribution in [0.3, 0.4) is 0 Å². The molecule has 0 aliphatic carbocycles. The number of methoxy groups -OCH3 is 1. The van der Waals surface area contributed by atoms with E-state index in [1.165, 1.54) is 19.2 Å². The van der Waals surface area contributed by atoms with Gasteiger partial charge < -0.3 is 9.30 Å². The van der Waals surface area contributed by atoms with E-state index in [1.54, 1.807) is 12.3 Å². The zero-order chi connectivity index (χ0) is 24.2. The van der Waals surface area contributed by atoms with E-state index in [-0.39, 0.29) is 18.0 Å². The number of ether oxygens (including phenoxy) is 1. The molecule has 8 nitrogen and oxygen atoms in total. The van der Waals surface area contributed by atoms with E-state index < -0.39 is 4.92 Å². The van der Waals surface area contributed by atoms with Crippen molar-refractivity contribution in [3.8, 4) is 11.4 Å².